The molecule has 130 valence electrons. The highest BCUT2D eigenvalue weighted by Crippen LogP contribution is 2.49. The number of carboxylic acid groups (broad SMARTS) is 1. The van der Waals surface area contributed by atoms with Crippen LogP contribution in [-0.4, -0.2) is 44.8 Å². The van der Waals surface area contributed by atoms with Gasteiger partial charge in [-0.2, -0.15) is 5.10 Å². The number of carbonyl (C=O) groups is 2. The first-order valence-electron chi connectivity index (χ1n) is 8.65. The van der Waals surface area contributed by atoms with Gasteiger partial charge in [0, 0.05) is 24.8 Å². The zero-order valence-electron chi connectivity index (χ0n) is 14.2. The number of carboxylic acids is 1. The number of rotatable bonds is 3. The van der Waals surface area contributed by atoms with Crippen LogP contribution in [0.15, 0.2) is 36.5 Å². The first-order valence-corrected chi connectivity index (χ1v) is 8.65. The van der Waals surface area contributed by atoms with E-state index < -0.39 is 11.4 Å². The number of aromatic nitrogens is 2. The number of carbonyl (C=O) groups excluding carboxylic acids is 1. The average Bonchev–Trinajstić information content (AvgIpc) is 3.28. The molecule has 2 fully saturated rings. The summed E-state index contributed by atoms with van der Waals surface area (Å²) in [6, 6.07) is 9.23. The first kappa shape index (κ1) is 15.9. The lowest BCUT2D eigenvalue weighted by Crippen LogP contribution is -2.37. The molecule has 2 heterocycles. The van der Waals surface area contributed by atoms with Crippen molar-refractivity contribution in [3.63, 3.8) is 0 Å². The van der Waals surface area contributed by atoms with Gasteiger partial charge in [-0.15, -0.1) is 0 Å². The highest BCUT2D eigenvalue weighted by molar-refractivity contribution is 5.95. The van der Waals surface area contributed by atoms with Gasteiger partial charge in [0.05, 0.1) is 16.8 Å². The molecule has 1 saturated carbocycles. The number of fused-ring (bicyclic) bond motifs is 1. The fourth-order valence-electron chi connectivity index (χ4n) is 4.29. The van der Waals surface area contributed by atoms with E-state index in [1.54, 1.807) is 21.7 Å². The van der Waals surface area contributed by atoms with Crippen molar-refractivity contribution >= 4 is 11.9 Å². The molecule has 0 spiro atoms. The molecule has 6 heteroatoms. The van der Waals surface area contributed by atoms with Crippen LogP contribution < -0.4 is 0 Å². The molecule has 1 aliphatic heterocycles. The SMILES string of the molecule is Cc1ccn(-c2ccc(C(=O)N3C[C@@H]4CCC[C@@]4(C(=O)O)C3)cc2)n1. The standard InChI is InChI=1S/C19H21N3O3/c1-13-8-10-22(20-13)16-6-4-14(5-7-16)17(23)21-11-15-3-2-9-19(15,12-21)18(24)25/h4-8,10,15H,2-3,9,11-12H2,1H3,(H,24,25)/t15-,19+/m0/s1. The Morgan fingerprint density at radius 1 is 1.24 bits per heavy atom. The van der Waals surface area contributed by atoms with Crippen LogP contribution in [0, 0.1) is 18.3 Å². The van der Waals surface area contributed by atoms with Crippen molar-refractivity contribution in [1.82, 2.24) is 14.7 Å². The average molecular weight is 339 g/mol. The number of amides is 1. The normalized spacial score (nSPS) is 25.2. The minimum atomic E-state index is -0.755. The summed E-state index contributed by atoms with van der Waals surface area (Å²) in [6.07, 6.45) is 4.39. The Hall–Kier alpha value is -2.63. The van der Waals surface area contributed by atoms with Gasteiger partial charge in [-0.1, -0.05) is 6.42 Å². The van der Waals surface area contributed by atoms with E-state index in [1.165, 1.54) is 0 Å². The Morgan fingerprint density at radius 3 is 2.60 bits per heavy atom. The van der Waals surface area contributed by atoms with E-state index in [0.29, 0.717) is 25.1 Å². The molecule has 2 aliphatic rings. The number of aliphatic carboxylic acids is 1. The largest absolute Gasteiger partial charge is 0.481 e. The van der Waals surface area contributed by atoms with Crippen LogP contribution in [0.4, 0.5) is 0 Å². The number of aryl methyl sites for hydroxylation is 1. The fraction of sp³-hybridized carbons (Fsp3) is 0.421. The molecule has 4 rings (SSSR count). The highest BCUT2D eigenvalue weighted by atomic mass is 16.4. The minimum Gasteiger partial charge on any atom is -0.481 e. The van der Waals surface area contributed by atoms with Gasteiger partial charge in [0.25, 0.3) is 5.91 Å². The number of hydrogen-bond acceptors (Lipinski definition) is 3. The molecule has 0 unspecified atom stereocenters. The molecule has 1 aliphatic carbocycles. The Kier molecular flexibility index (Phi) is 3.63. The predicted molar refractivity (Wildman–Crippen MR) is 91.6 cm³/mol. The molecule has 25 heavy (non-hydrogen) atoms. The Labute approximate surface area is 146 Å². The smallest absolute Gasteiger partial charge is 0.311 e. The van der Waals surface area contributed by atoms with Crippen LogP contribution in [0.25, 0.3) is 5.69 Å². The van der Waals surface area contributed by atoms with Gasteiger partial charge >= 0.3 is 5.97 Å². The summed E-state index contributed by atoms with van der Waals surface area (Å²) in [7, 11) is 0. The van der Waals surface area contributed by atoms with Crippen LogP contribution in [-0.2, 0) is 4.79 Å². The summed E-state index contributed by atoms with van der Waals surface area (Å²) in [6.45, 7) is 2.80. The first-order chi connectivity index (χ1) is 12.0. The molecule has 2 aromatic rings. The zero-order chi connectivity index (χ0) is 17.6. The van der Waals surface area contributed by atoms with E-state index in [9.17, 15) is 14.7 Å². The summed E-state index contributed by atoms with van der Waals surface area (Å²) in [5.41, 5.74) is 1.68. The fourth-order valence-corrected chi connectivity index (χ4v) is 4.29. The van der Waals surface area contributed by atoms with Gasteiger partial charge in [0.2, 0.25) is 0 Å². The second kappa shape index (κ2) is 5.72. The number of benzene rings is 1. The van der Waals surface area contributed by atoms with E-state index >= 15 is 0 Å². The van der Waals surface area contributed by atoms with Crippen molar-refractivity contribution in [2.45, 2.75) is 26.2 Å². The molecule has 1 N–H and O–H groups in total. The van der Waals surface area contributed by atoms with Gasteiger partial charge in [-0.05, 0) is 56.0 Å². The summed E-state index contributed by atoms with van der Waals surface area (Å²) in [4.78, 5) is 26.3. The molecular weight excluding hydrogens is 318 g/mol. The third-order valence-electron chi connectivity index (χ3n) is 5.69. The topological polar surface area (TPSA) is 75.4 Å². The van der Waals surface area contributed by atoms with Gasteiger partial charge in [0.1, 0.15) is 0 Å². The molecule has 0 bridgehead atoms. The molecule has 0 radical (unpaired) electrons. The quantitative estimate of drug-likeness (QED) is 0.932. The maximum absolute atomic E-state index is 12.8. The molecule has 1 aromatic carbocycles. The van der Waals surface area contributed by atoms with Crippen LogP contribution in [0.2, 0.25) is 0 Å². The Bertz CT molecular complexity index is 827. The number of hydrogen-bond donors (Lipinski definition) is 1. The van der Waals surface area contributed by atoms with Gasteiger partial charge in [-0.25, -0.2) is 4.68 Å². The predicted octanol–water partition coefficient (Wildman–Crippen LogP) is 2.51. The van der Waals surface area contributed by atoms with Crippen LogP contribution in [0.1, 0.15) is 35.3 Å². The maximum atomic E-state index is 12.8. The lowest BCUT2D eigenvalue weighted by atomic mass is 9.81. The second-order valence-corrected chi connectivity index (χ2v) is 7.18. The van der Waals surface area contributed by atoms with E-state index in [0.717, 1.165) is 24.2 Å². The minimum absolute atomic E-state index is 0.0836. The van der Waals surface area contributed by atoms with Crippen LogP contribution in [0.5, 0.6) is 0 Å². The van der Waals surface area contributed by atoms with Crippen LogP contribution >= 0.6 is 0 Å². The van der Waals surface area contributed by atoms with Gasteiger partial charge in [-0.3, -0.25) is 9.59 Å². The van der Waals surface area contributed by atoms with Gasteiger partial charge < -0.3 is 10.0 Å². The number of likely N-dealkylation sites (tertiary alicyclic amines) is 1. The molecule has 1 amide bonds. The summed E-state index contributed by atoms with van der Waals surface area (Å²) in [5.74, 6) is -0.756. The third kappa shape index (κ3) is 2.52. The van der Waals surface area contributed by atoms with Crippen LogP contribution in [0.3, 0.4) is 0 Å². The van der Waals surface area contributed by atoms with E-state index in [2.05, 4.69) is 5.10 Å². The third-order valence-corrected chi connectivity index (χ3v) is 5.69. The van der Waals surface area contributed by atoms with E-state index in [4.69, 9.17) is 0 Å². The summed E-state index contributed by atoms with van der Waals surface area (Å²) >= 11 is 0. The van der Waals surface area contributed by atoms with Crippen molar-refractivity contribution in [3.8, 4) is 5.69 Å². The zero-order valence-corrected chi connectivity index (χ0v) is 14.2. The van der Waals surface area contributed by atoms with Crippen molar-refractivity contribution in [1.29, 1.82) is 0 Å². The lowest BCUT2D eigenvalue weighted by molar-refractivity contribution is -0.149. The van der Waals surface area contributed by atoms with Crippen molar-refractivity contribution in [2.24, 2.45) is 11.3 Å². The number of nitrogens with zero attached hydrogens (tertiary/aromatic N) is 3. The second-order valence-electron chi connectivity index (χ2n) is 7.18. The highest BCUT2D eigenvalue weighted by Gasteiger charge is 2.55. The molecule has 6 nitrogen and oxygen atoms in total. The summed E-state index contributed by atoms with van der Waals surface area (Å²) in [5, 5.41) is 14.0. The summed E-state index contributed by atoms with van der Waals surface area (Å²) < 4.78 is 1.77. The Morgan fingerprint density at radius 2 is 2.00 bits per heavy atom. The lowest BCUT2D eigenvalue weighted by Gasteiger charge is -2.23. The molecular formula is C19H21N3O3. The van der Waals surface area contributed by atoms with Gasteiger partial charge in [0.15, 0.2) is 0 Å². The molecule has 2 atom stereocenters. The van der Waals surface area contributed by atoms with E-state index in [1.807, 2.05) is 31.3 Å². The Balaban J connectivity index is 1.53. The molecule has 1 aromatic heterocycles. The maximum Gasteiger partial charge on any atom is 0.311 e. The van der Waals surface area contributed by atoms with Crippen molar-refractivity contribution < 1.29 is 14.7 Å². The molecule has 1 saturated heterocycles. The van der Waals surface area contributed by atoms with E-state index in [-0.39, 0.29) is 11.8 Å². The van der Waals surface area contributed by atoms with Crippen molar-refractivity contribution in [2.75, 3.05) is 13.1 Å². The monoisotopic (exact) mass is 339 g/mol. The van der Waals surface area contributed by atoms with Crippen molar-refractivity contribution in [3.05, 3.63) is 47.8 Å².